The number of hydrogen-bond acceptors (Lipinski definition) is 6. The quantitative estimate of drug-likeness (QED) is 0.261. The molecule has 0 aliphatic carbocycles. The van der Waals surface area contributed by atoms with Gasteiger partial charge < -0.3 is 15.7 Å². The number of aliphatic hydroxyl groups excluding tert-OH is 1. The maximum absolute atomic E-state index is 11.1. The van der Waals surface area contributed by atoms with Crippen LogP contribution in [0.1, 0.15) is 13.8 Å². The highest BCUT2D eigenvalue weighted by Gasteiger charge is 2.24. The number of benzene rings is 2. The number of anilines is 1. The molecule has 2 aromatic rings. The van der Waals surface area contributed by atoms with Crippen LogP contribution in [0.4, 0.5) is 5.69 Å². The molecule has 0 spiro atoms. The van der Waals surface area contributed by atoms with Gasteiger partial charge in [-0.15, -0.1) is 0 Å². The van der Waals surface area contributed by atoms with Crippen LogP contribution in [0.25, 0.3) is 10.8 Å². The highest BCUT2D eigenvalue weighted by Crippen LogP contribution is 2.30. The maximum atomic E-state index is 11.1. The molecule has 0 fully saturated rings. The number of hydrazone groups is 1. The van der Waals surface area contributed by atoms with Gasteiger partial charge in [0, 0.05) is 12.5 Å². The molecule has 0 saturated heterocycles. The first-order chi connectivity index (χ1) is 11.0. The van der Waals surface area contributed by atoms with Gasteiger partial charge in [-0.05, 0) is 25.3 Å². The first kappa shape index (κ1) is 19.0. The van der Waals surface area contributed by atoms with Crippen molar-refractivity contribution in [1.82, 2.24) is 0 Å². The molecule has 2 rings (SSSR count). The lowest BCUT2D eigenvalue weighted by Gasteiger charge is -2.25. The Morgan fingerprint density at radius 1 is 1.22 bits per heavy atom. The van der Waals surface area contributed by atoms with Crippen molar-refractivity contribution in [3.05, 3.63) is 42.5 Å². The Hall–Kier alpha value is -2.09. The van der Waals surface area contributed by atoms with E-state index >= 15 is 0 Å². The molecule has 0 aliphatic rings. The second-order valence-electron chi connectivity index (χ2n) is 5.10. The summed E-state index contributed by atoms with van der Waals surface area (Å²) in [5.74, 6) is 11.6. The van der Waals surface area contributed by atoms with E-state index < -0.39 is 4.75 Å². The minimum absolute atomic E-state index is 0.378. The predicted molar refractivity (Wildman–Crippen MR) is 98.1 cm³/mol. The monoisotopic (exact) mass is 334 g/mol. The Balaban J connectivity index is 0.00000127. The van der Waals surface area contributed by atoms with Crippen LogP contribution in [-0.2, 0) is 4.79 Å². The second-order valence-corrected chi connectivity index (χ2v) is 6.72. The number of thioether (sulfide) groups is 1. The molecule has 0 unspecified atom stereocenters. The smallest absolute Gasteiger partial charge is 0.202 e. The molecule has 0 heterocycles. The number of carbonyl (C=O) groups is 1. The standard InChI is InChI=1S/C15H18N4OS.CH4O/c1-15(2,10-20)21-14(18-16)19(17)13-9-5-7-11-6-3-4-8-12(11)13;1-2/h3-10H,16-17H2,1-2H3;2H,1H3/b18-14+;. The van der Waals surface area contributed by atoms with Crippen molar-refractivity contribution in [2.75, 3.05) is 12.1 Å². The Labute approximate surface area is 140 Å². The molecule has 6 nitrogen and oxygen atoms in total. The third kappa shape index (κ3) is 4.69. The highest BCUT2D eigenvalue weighted by atomic mass is 32.2. The molecule has 7 heteroatoms. The van der Waals surface area contributed by atoms with E-state index in [1.807, 2.05) is 42.5 Å². The molecule has 0 atom stereocenters. The SMILES string of the molecule is CC(C)(C=O)S/C(=N/N)N(N)c1cccc2ccccc12.CO. The van der Waals surface area contributed by atoms with Gasteiger partial charge in [-0.25, -0.2) is 5.84 Å². The molecule has 0 bridgehead atoms. The van der Waals surface area contributed by atoms with Gasteiger partial charge in [-0.2, -0.15) is 5.10 Å². The molecule has 124 valence electrons. The maximum Gasteiger partial charge on any atom is 0.202 e. The van der Waals surface area contributed by atoms with Crippen molar-refractivity contribution in [3.8, 4) is 0 Å². The molecule has 0 aromatic heterocycles. The van der Waals surface area contributed by atoms with Gasteiger partial charge in [0.15, 0.2) is 0 Å². The van der Waals surface area contributed by atoms with Crippen molar-refractivity contribution < 1.29 is 9.90 Å². The third-order valence-electron chi connectivity index (χ3n) is 2.98. The summed E-state index contributed by atoms with van der Waals surface area (Å²) in [7, 11) is 1.00. The van der Waals surface area contributed by atoms with E-state index in [4.69, 9.17) is 16.8 Å². The van der Waals surface area contributed by atoms with Gasteiger partial charge in [0.05, 0.1) is 10.4 Å². The second kappa shape index (κ2) is 8.52. The average molecular weight is 334 g/mol. The topological polar surface area (TPSA) is 105 Å². The van der Waals surface area contributed by atoms with Gasteiger partial charge >= 0.3 is 0 Å². The van der Waals surface area contributed by atoms with Gasteiger partial charge in [-0.1, -0.05) is 48.2 Å². The van der Waals surface area contributed by atoms with E-state index in [9.17, 15) is 4.79 Å². The Morgan fingerprint density at radius 2 is 1.83 bits per heavy atom. The summed E-state index contributed by atoms with van der Waals surface area (Å²) in [6.07, 6.45) is 0.847. The Bertz CT molecular complexity index is 683. The third-order valence-corrected chi connectivity index (χ3v) is 4.09. The normalized spacial score (nSPS) is 11.6. The molecule has 2 aromatic carbocycles. The van der Waals surface area contributed by atoms with Crippen LogP contribution in [0.5, 0.6) is 0 Å². The molecular formula is C16H22N4O2S. The lowest BCUT2D eigenvalue weighted by Crippen LogP contribution is -2.39. The molecule has 0 aliphatic heterocycles. The van der Waals surface area contributed by atoms with E-state index in [1.54, 1.807) is 13.8 Å². The summed E-state index contributed by atoms with van der Waals surface area (Å²) in [4.78, 5) is 11.1. The number of aliphatic hydroxyl groups is 1. The van der Waals surface area contributed by atoms with Crippen LogP contribution in [0.15, 0.2) is 47.6 Å². The molecule has 0 amide bonds. The zero-order valence-electron chi connectivity index (χ0n) is 13.4. The lowest BCUT2D eigenvalue weighted by molar-refractivity contribution is -0.109. The molecule has 0 saturated carbocycles. The number of hydrazine groups is 1. The van der Waals surface area contributed by atoms with Crippen molar-refractivity contribution in [2.24, 2.45) is 16.8 Å². The number of amidine groups is 1. The first-order valence-electron chi connectivity index (χ1n) is 6.89. The van der Waals surface area contributed by atoms with Gasteiger partial charge in [0.2, 0.25) is 5.17 Å². The van der Waals surface area contributed by atoms with Gasteiger partial charge in [-0.3, -0.25) is 5.01 Å². The van der Waals surface area contributed by atoms with Crippen molar-refractivity contribution >= 4 is 39.7 Å². The van der Waals surface area contributed by atoms with Crippen LogP contribution in [0.2, 0.25) is 0 Å². The number of nitrogens with zero attached hydrogens (tertiary/aromatic N) is 2. The van der Waals surface area contributed by atoms with E-state index in [0.717, 1.165) is 29.9 Å². The number of fused-ring (bicyclic) bond motifs is 1. The summed E-state index contributed by atoms with van der Waals surface area (Å²) in [6.45, 7) is 3.57. The summed E-state index contributed by atoms with van der Waals surface area (Å²) in [5.41, 5.74) is 0.784. The van der Waals surface area contributed by atoms with Crippen LogP contribution < -0.4 is 16.7 Å². The summed E-state index contributed by atoms with van der Waals surface area (Å²) < 4.78 is -0.652. The fraction of sp³-hybridized carbons (Fsp3) is 0.250. The lowest BCUT2D eigenvalue weighted by atomic mass is 10.1. The molecule has 0 radical (unpaired) electrons. The number of carbonyl (C=O) groups excluding carboxylic acids is 1. The Kier molecular flexibility index (Phi) is 7.02. The summed E-state index contributed by atoms with van der Waals surface area (Å²) in [5, 5.41) is 14.6. The molecule has 5 N–H and O–H groups in total. The fourth-order valence-electron chi connectivity index (χ4n) is 1.92. The zero-order chi connectivity index (χ0) is 17.5. The average Bonchev–Trinajstić information content (AvgIpc) is 2.60. The number of hydrogen-bond donors (Lipinski definition) is 3. The van der Waals surface area contributed by atoms with E-state index in [0.29, 0.717) is 5.17 Å². The van der Waals surface area contributed by atoms with Crippen LogP contribution in [0, 0.1) is 0 Å². The van der Waals surface area contributed by atoms with Gasteiger partial charge in [0.1, 0.15) is 6.29 Å². The van der Waals surface area contributed by atoms with Crippen molar-refractivity contribution in [2.45, 2.75) is 18.6 Å². The predicted octanol–water partition coefficient (Wildman–Crippen LogP) is 2.07. The summed E-state index contributed by atoms with van der Waals surface area (Å²) in [6, 6.07) is 13.7. The fourth-order valence-corrected chi connectivity index (χ4v) is 2.69. The molecule has 23 heavy (non-hydrogen) atoms. The zero-order valence-corrected chi connectivity index (χ0v) is 14.2. The largest absolute Gasteiger partial charge is 0.400 e. The first-order valence-corrected chi connectivity index (χ1v) is 7.70. The summed E-state index contributed by atoms with van der Waals surface area (Å²) >= 11 is 1.22. The van der Waals surface area contributed by atoms with E-state index in [1.165, 1.54) is 16.8 Å². The Morgan fingerprint density at radius 3 is 2.43 bits per heavy atom. The number of aldehydes is 1. The molecular weight excluding hydrogens is 312 g/mol. The minimum atomic E-state index is -0.652. The van der Waals surface area contributed by atoms with Crippen molar-refractivity contribution in [1.29, 1.82) is 0 Å². The van der Waals surface area contributed by atoms with Crippen LogP contribution in [-0.4, -0.2) is 28.4 Å². The minimum Gasteiger partial charge on any atom is -0.400 e. The highest BCUT2D eigenvalue weighted by molar-refractivity contribution is 8.15. The van der Waals surface area contributed by atoms with E-state index in [2.05, 4.69) is 5.10 Å². The number of nitrogens with two attached hydrogens (primary N) is 2. The number of rotatable bonds is 3. The van der Waals surface area contributed by atoms with E-state index in [-0.39, 0.29) is 0 Å². The van der Waals surface area contributed by atoms with Gasteiger partial charge in [0.25, 0.3) is 0 Å². The van der Waals surface area contributed by atoms with Crippen molar-refractivity contribution in [3.63, 3.8) is 0 Å². The van der Waals surface area contributed by atoms with Crippen LogP contribution in [0.3, 0.4) is 0 Å². The van der Waals surface area contributed by atoms with Crippen LogP contribution >= 0.6 is 11.8 Å².